The third-order valence-corrected chi connectivity index (χ3v) is 7.76. The number of ketones is 1. The van der Waals surface area contributed by atoms with Crippen LogP contribution in [0.4, 0.5) is 5.13 Å². The Hall–Kier alpha value is -3.07. The van der Waals surface area contributed by atoms with Crippen LogP contribution in [0.5, 0.6) is 0 Å². The lowest BCUT2D eigenvalue weighted by molar-refractivity contribution is -0.131. The molecule has 2 aromatic rings. The third kappa shape index (κ3) is 3.55. The molecular weight excluding hydrogens is 442 g/mol. The molecule has 5 rings (SSSR count). The van der Waals surface area contributed by atoms with Crippen molar-refractivity contribution in [1.29, 1.82) is 0 Å². The van der Waals surface area contributed by atoms with Gasteiger partial charge in [-0.05, 0) is 37.0 Å². The van der Waals surface area contributed by atoms with E-state index in [1.807, 2.05) is 13.8 Å². The van der Waals surface area contributed by atoms with Crippen LogP contribution in [-0.4, -0.2) is 41.1 Å². The molecule has 0 N–H and O–H groups in total. The number of ether oxygens (including phenoxy) is 2. The first-order valence-electron chi connectivity index (χ1n) is 11.2. The summed E-state index contributed by atoms with van der Waals surface area (Å²) in [5.41, 5.74) is 1.48. The van der Waals surface area contributed by atoms with Gasteiger partial charge in [-0.1, -0.05) is 43.7 Å². The van der Waals surface area contributed by atoms with Crippen molar-refractivity contribution < 1.29 is 23.9 Å². The lowest BCUT2D eigenvalue weighted by Gasteiger charge is -2.35. The van der Waals surface area contributed by atoms with Crippen LogP contribution < -0.4 is 4.90 Å². The van der Waals surface area contributed by atoms with Gasteiger partial charge in [0.05, 0.1) is 30.2 Å². The summed E-state index contributed by atoms with van der Waals surface area (Å²) in [5, 5.41) is 9.77. The summed E-state index contributed by atoms with van der Waals surface area (Å²) in [4.78, 5) is 40.7. The number of amides is 1. The molecule has 3 unspecified atom stereocenters. The minimum absolute atomic E-state index is 0.0209. The number of rotatable bonds is 4. The molecule has 33 heavy (non-hydrogen) atoms. The van der Waals surface area contributed by atoms with Crippen molar-refractivity contribution in [2.75, 3.05) is 12.0 Å². The number of carbonyl (C=O) groups is 3. The predicted octanol–water partition coefficient (Wildman–Crippen LogP) is 3.95. The van der Waals surface area contributed by atoms with E-state index in [9.17, 15) is 14.4 Å². The summed E-state index contributed by atoms with van der Waals surface area (Å²) in [6.45, 7) is 4.03. The zero-order valence-electron chi connectivity index (χ0n) is 18.7. The van der Waals surface area contributed by atoms with E-state index in [0.29, 0.717) is 21.8 Å². The number of nitrogens with zero attached hydrogens (tertiary/aromatic N) is 3. The fourth-order valence-electron chi connectivity index (χ4n) is 4.83. The highest BCUT2D eigenvalue weighted by molar-refractivity contribution is 7.15. The number of esters is 1. The van der Waals surface area contributed by atoms with E-state index in [2.05, 4.69) is 10.2 Å². The summed E-state index contributed by atoms with van der Waals surface area (Å²) in [6.07, 6.45) is 3.25. The van der Waals surface area contributed by atoms with E-state index >= 15 is 0 Å². The highest BCUT2D eigenvalue weighted by Crippen LogP contribution is 2.48. The van der Waals surface area contributed by atoms with E-state index < -0.39 is 12.0 Å². The zero-order chi connectivity index (χ0) is 23.3. The Labute approximate surface area is 195 Å². The number of aromatic nitrogens is 2. The molecule has 0 saturated heterocycles. The average Bonchev–Trinajstić information content (AvgIpc) is 3.42. The van der Waals surface area contributed by atoms with Crippen molar-refractivity contribution in [1.82, 2.24) is 10.2 Å². The van der Waals surface area contributed by atoms with Crippen LogP contribution >= 0.6 is 11.3 Å². The summed E-state index contributed by atoms with van der Waals surface area (Å²) in [6, 6.07) is 6.09. The molecule has 0 bridgehead atoms. The second-order valence-corrected chi connectivity index (χ2v) is 9.91. The molecule has 1 aromatic heterocycles. The molecule has 2 aliphatic heterocycles. The van der Waals surface area contributed by atoms with Gasteiger partial charge >= 0.3 is 5.97 Å². The first kappa shape index (κ1) is 21.8. The highest BCUT2D eigenvalue weighted by Gasteiger charge is 2.53. The molecule has 1 aliphatic carbocycles. The average molecular weight is 468 g/mol. The molecule has 0 radical (unpaired) electrons. The lowest BCUT2D eigenvalue weighted by atomic mass is 9.77. The molecule has 3 aliphatic rings. The molecule has 172 valence electrons. The number of carbonyl (C=O) groups excluding carboxylic acids is 3. The van der Waals surface area contributed by atoms with Crippen molar-refractivity contribution in [2.24, 2.45) is 5.92 Å². The molecular formula is C24H25N3O5S. The minimum Gasteiger partial charge on any atom is -0.483 e. The Kier molecular flexibility index (Phi) is 5.52. The number of methoxy groups -OCH3 is 1. The quantitative estimate of drug-likeness (QED) is 0.628. The fourth-order valence-corrected chi connectivity index (χ4v) is 5.71. The number of benzene rings is 1. The molecule has 8 nitrogen and oxygen atoms in total. The van der Waals surface area contributed by atoms with Crippen LogP contribution in [0.15, 0.2) is 35.6 Å². The first-order valence-corrected chi connectivity index (χ1v) is 12.0. The monoisotopic (exact) mass is 467 g/mol. The van der Waals surface area contributed by atoms with Gasteiger partial charge in [0.1, 0.15) is 11.1 Å². The fraction of sp³-hybridized carbons (Fsp3) is 0.458. The van der Waals surface area contributed by atoms with Gasteiger partial charge in [0.25, 0.3) is 5.91 Å². The molecule has 1 aromatic carbocycles. The van der Waals surface area contributed by atoms with Gasteiger partial charge in [-0.25, -0.2) is 4.79 Å². The van der Waals surface area contributed by atoms with Crippen molar-refractivity contribution >= 4 is 34.1 Å². The van der Waals surface area contributed by atoms with Crippen molar-refractivity contribution in [3.8, 4) is 0 Å². The third-order valence-electron chi connectivity index (χ3n) is 6.54. The number of anilines is 1. The topological polar surface area (TPSA) is 98.7 Å². The van der Waals surface area contributed by atoms with Crippen molar-refractivity contribution in [3.63, 3.8) is 0 Å². The Morgan fingerprint density at radius 1 is 1.15 bits per heavy atom. The summed E-state index contributed by atoms with van der Waals surface area (Å²) in [5.74, 6) is -0.777. The molecule has 9 heteroatoms. The molecule has 3 atom stereocenters. The van der Waals surface area contributed by atoms with Gasteiger partial charge in [0.15, 0.2) is 11.5 Å². The normalized spacial score (nSPS) is 24.6. The van der Waals surface area contributed by atoms with Crippen molar-refractivity contribution in [2.45, 2.75) is 57.6 Å². The Morgan fingerprint density at radius 2 is 1.88 bits per heavy atom. The first-order chi connectivity index (χ1) is 15.9. The Balaban J connectivity index is 1.61. The predicted molar refractivity (Wildman–Crippen MR) is 121 cm³/mol. The number of hydrogen-bond acceptors (Lipinski definition) is 8. The molecule has 1 fully saturated rings. The molecule has 1 saturated carbocycles. The van der Waals surface area contributed by atoms with Gasteiger partial charge in [0.2, 0.25) is 5.13 Å². The minimum atomic E-state index is -0.678. The standard InChI is InChI=1S/C24H25N3O5S/c1-12(2)21-25-26-24(33-21)27-18(13-8-10-14(11-9-13)23(30)31-3)17-19(28)15-6-4-5-7-16(15)32-20(17)22(27)29/h8-12,15-16,18H,4-7H2,1-3H3. The Bertz CT molecular complexity index is 1150. The highest BCUT2D eigenvalue weighted by atomic mass is 32.1. The van der Waals surface area contributed by atoms with E-state index in [4.69, 9.17) is 9.47 Å². The lowest BCUT2D eigenvalue weighted by Crippen LogP contribution is -2.39. The van der Waals surface area contributed by atoms with Crippen LogP contribution in [0.1, 0.15) is 72.4 Å². The number of fused-ring (bicyclic) bond motifs is 1. The van der Waals surface area contributed by atoms with Crippen LogP contribution in [0.2, 0.25) is 0 Å². The maximum Gasteiger partial charge on any atom is 0.337 e. The van der Waals surface area contributed by atoms with Crippen LogP contribution in [-0.2, 0) is 19.1 Å². The summed E-state index contributed by atoms with van der Waals surface area (Å²) in [7, 11) is 1.32. The Morgan fingerprint density at radius 3 is 2.55 bits per heavy atom. The summed E-state index contributed by atoms with van der Waals surface area (Å²) >= 11 is 1.34. The van der Waals surface area contributed by atoms with Gasteiger partial charge < -0.3 is 9.47 Å². The molecule has 0 spiro atoms. The van der Waals surface area contributed by atoms with Gasteiger partial charge in [-0.15, -0.1) is 10.2 Å². The van der Waals surface area contributed by atoms with Crippen LogP contribution in [0.25, 0.3) is 0 Å². The van der Waals surface area contributed by atoms with Gasteiger partial charge in [-0.3, -0.25) is 14.5 Å². The van der Waals surface area contributed by atoms with Crippen molar-refractivity contribution in [3.05, 3.63) is 51.7 Å². The number of hydrogen-bond donors (Lipinski definition) is 0. The van der Waals surface area contributed by atoms with Gasteiger partial charge in [0, 0.05) is 5.92 Å². The van der Waals surface area contributed by atoms with E-state index in [0.717, 1.165) is 30.7 Å². The van der Waals surface area contributed by atoms with Crippen LogP contribution in [0, 0.1) is 5.92 Å². The second-order valence-electron chi connectivity index (χ2n) is 8.92. The van der Waals surface area contributed by atoms with Gasteiger partial charge in [-0.2, -0.15) is 0 Å². The molecule has 3 heterocycles. The SMILES string of the molecule is COC(=O)c1ccc(C2C3=C(OC4CCCCC4C3=O)C(=O)N2c2nnc(C(C)C)s2)cc1. The second kappa shape index (κ2) is 8.37. The maximum atomic E-state index is 13.7. The molecule has 1 amide bonds. The largest absolute Gasteiger partial charge is 0.483 e. The van der Waals surface area contributed by atoms with E-state index in [1.165, 1.54) is 23.3 Å². The zero-order valence-corrected chi connectivity index (χ0v) is 19.6. The maximum absolute atomic E-state index is 13.7. The van der Waals surface area contributed by atoms with E-state index in [-0.39, 0.29) is 35.4 Å². The van der Waals surface area contributed by atoms with Crippen LogP contribution in [0.3, 0.4) is 0 Å². The van der Waals surface area contributed by atoms with E-state index in [1.54, 1.807) is 24.3 Å². The number of Topliss-reactive ketones (excluding diaryl/α,β-unsaturated/α-hetero) is 1. The smallest absolute Gasteiger partial charge is 0.337 e. The summed E-state index contributed by atoms with van der Waals surface area (Å²) < 4.78 is 11.0.